The molecule has 1 unspecified atom stereocenters. The first-order valence-electron chi connectivity index (χ1n) is 6.04. The van der Waals surface area contributed by atoms with Gasteiger partial charge >= 0.3 is 6.18 Å². The zero-order valence-electron chi connectivity index (χ0n) is 10.9. The van der Waals surface area contributed by atoms with Crippen LogP contribution in [0.3, 0.4) is 0 Å². The molecule has 0 saturated carbocycles. The van der Waals surface area contributed by atoms with Crippen molar-refractivity contribution in [1.29, 1.82) is 0 Å². The van der Waals surface area contributed by atoms with Crippen LogP contribution in [0, 0.1) is 0 Å². The second kappa shape index (κ2) is 6.60. The van der Waals surface area contributed by atoms with Crippen LogP contribution in [0.2, 0.25) is 0 Å². The van der Waals surface area contributed by atoms with Gasteiger partial charge in [0.05, 0.1) is 0 Å². The van der Waals surface area contributed by atoms with Crippen LogP contribution in [0.1, 0.15) is 25.5 Å². The number of rotatable bonds is 6. The summed E-state index contributed by atoms with van der Waals surface area (Å²) in [5, 5.41) is 5.05. The van der Waals surface area contributed by atoms with Crippen LogP contribution in [0.5, 0.6) is 0 Å². The zero-order valence-corrected chi connectivity index (χ0v) is 10.9. The Hall–Kier alpha value is -1.50. The van der Waals surface area contributed by atoms with Gasteiger partial charge in [0.25, 0.3) is 0 Å². The van der Waals surface area contributed by atoms with Crippen molar-refractivity contribution in [3.05, 3.63) is 24.0 Å². The van der Waals surface area contributed by atoms with Crippen molar-refractivity contribution in [2.45, 2.75) is 32.6 Å². The maximum Gasteiger partial charge on any atom is 0.405 e. The van der Waals surface area contributed by atoms with E-state index in [2.05, 4.69) is 5.32 Å². The number of amides is 1. The Kier molecular flexibility index (Phi) is 5.41. The fraction of sp³-hybridized carbons (Fsp3) is 0.583. The third-order valence-corrected chi connectivity index (χ3v) is 2.60. The van der Waals surface area contributed by atoms with Crippen LogP contribution in [0.25, 0.3) is 0 Å². The Labute approximate surface area is 110 Å². The van der Waals surface area contributed by atoms with Crippen LogP contribution in [0.4, 0.5) is 13.2 Å². The molecule has 0 aliphatic carbocycles. The maximum absolute atomic E-state index is 11.9. The molecule has 0 aliphatic rings. The minimum Gasteiger partial charge on any atom is -0.345 e. The van der Waals surface area contributed by atoms with E-state index in [0.717, 1.165) is 12.1 Å². The fourth-order valence-electron chi connectivity index (χ4n) is 1.66. The van der Waals surface area contributed by atoms with Gasteiger partial charge in [-0.2, -0.15) is 13.2 Å². The summed E-state index contributed by atoms with van der Waals surface area (Å²) in [7, 11) is 0. The molecule has 0 aromatic carbocycles. The van der Waals surface area contributed by atoms with E-state index >= 15 is 0 Å². The van der Waals surface area contributed by atoms with Crippen LogP contribution >= 0.6 is 0 Å². The van der Waals surface area contributed by atoms with Crippen molar-refractivity contribution in [1.82, 2.24) is 15.2 Å². The van der Waals surface area contributed by atoms with Crippen LogP contribution in [0.15, 0.2) is 18.5 Å². The highest BCUT2D eigenvalue weighted by molar-refractivity contribution is 5.75. The van der Waals surface area contributed by atoms with Crippen molar-refractivity contribution in [3.8, 4) is 0 Å². The molecule has 1 rings (SSSR count). The molecular formula is C12H18F3N3O. The summed E-state index contributed by atoms with van der Waals surface area (Å²) >= 11 is 0. The molecule has 0 fully saturated rings. The highest BCUT2D eigenvalue weighted by Crippen LogP contribution is 2.13. The molecule has 7 heteroatoms. The largest absolute Gasteiger partial charge is 0.405 e. The summed E-state index contributed by atoms with van der Waals surface area (Å²) in [4.78, 5) is 11.3. The van der Waals surface area contributed by atoms with Crippen molar-refractivity contribution in [3.63, 3.8) is 0 Å². The van der Waals surface area contributed by atoms with Crippen molar-refractivity contribution >= 4 is 5.91 Å². The van der Waals surface area contributed by atoms with Gasteiger partial charge in [-0.3, -0.25) is 4.79 Å². The van der Waals surface area contributed by atoms with Gasteiger partial charge in [-0.25, -0.2) is 0 Å². The average molecular weight is 277 g/mol. The van der Waals surface area contributed by atoms with E-state index in [1.54, 1.807) is 17.0 Å². The molecule has 0 radical (unpaired) electrons. The summed E-state index contributed by atoms with van der Waals surface area (Å²) in [6, 6.07) is 1.98. The highest BCUT2D eigenvalue weighted by atomic mass is 19.4. The summed E-state index contributed by atoms with van der Waals surface area (Å²) in [5.41, 5.74) is 0.991. The molecule has 0 spiro atoms. The molecule has 1 aromatic heterocycles. The Morgan fingerprint density at radius 3 is 2.74 bits per heavy atom. The smallest absolute Gasteiger partial charge is 0.345 e. The van der Waals surface area contributed by atoms with Gasteiger partial charge in [0.2, 0.25) is 5.91 Å². The van der Waals surface area contributed by atoms with Crippen LogP contribution < -0.4 is 10.6 Å². The number of hydrogen-bond donors (Lipinski definition) is 2. The molecule has 2 N–H and O–H groups in total. The van der Waals surface area contributed by atoms with E-state index in [0.29, 0.717) is 0 Å². The van der Waals surface area contributed by atoms with E-state index in [9.17, 15) is 18.0 Å². The minimum absolute atomic E-state index is 0.116. The molecular weight excluding hydrogens is 259 g/mol. The molecule has 108 valence electrons. The first kappa shape index (κ1) is 15.6. The number of alkyl halides is 3. The second-order valence-electron chi connectivity index (χ2n) is 4.29. The van der Waals surface area contributed by atoms with E-state index in [-0.39, 0.29) is 12.6 Å². The lowest BCUT2D eigenvalue weighted by atomic mass is 10.2. The van der Waals surface area contributed by atoms with Crippen molar-refractivity contribution < 1.29 is 18.0 Å². The first-order valence-corrected chi connectivity index (χ1v) is 6.04. The summed E-state index contributed by atoms with van der Waals surface area (Å²) < 4.78 is 37.3. The predicted octanol–water partition coefficient (Wildman–Crippen LogP) is 1.84. The first-order chi connectivity index (χ1) is 8.81. The van der Waals surface area contributed by atoms with Crippen molar-refractivity contribution in [2.75, 3.05) is 13.1 Å². The molecule has 4 nitrogen and oxygen atoms in total. The SMILES string of the molecule is CCNC(C)c1ccn(CC(=O)NCC(F)(F)F)c1. The molecule has 1 aromatic rings. The van der Waals surface area contributed by atoms with Crippen LogP contribution in [-0.2, 0) is 11.3 Å². The van der Waals surface area contributed by atoms with Gasteiger partial charge in [-0.05, 0) is 25.1 Å². The van der Waals surface area contributed by atoms with Gasteiger partial charge in [-0.1, -0.05) is 6.92 Å². The summed E-state index contributed by atoms with van der Waals surface area (Å²) in [6.45, 7) is 3.37. The number of carbonyl (C=O) groups is 1. The molecule has 0 bridgehead atoms. The second-order valence-corrected chi connectivity index (χ2v) is 4.29. The van der Waals surface area contributed by atoms with Gasteiger partial charge < -0.3 is 15.2 Å². The quantitative estimate of drug-likeness (QED) is 0.833. The Balaban J connectivity index is 2.47. The summed E-state index contributed by atoms with van der Waals surface area (Å²) in [6.07, 6.45) is -0.950. The standard InChI is InChI=1S/C12H18F3N3O/c1-3-16-9(2)10-4-5-18(6-10)7-11(19)17-8-12(13,14)15/h4-6,9,16H,3,7-8H2,1-2H3,(H,17,19). The number of nitrogens with one attached hydrogen (secondary N) is 2. The average Bonchev–Trinajstić information content (AvgIpc) is 2.74. The zero-order chi connectivity index (χ0) is 14.5. The molecule has 1 atom stereocenters. The molecule has 0 aliphatic heterocycles. The van der Waals surface area contributed by atoms with E-state index in [1.165, 1.54) is 0 Å². The van der Waals surface area contributed by atoms with Crippen LogP contribution in [-0.4, -0.2) is 29.7 Å². The Morgan fingerprint density at radius 2 is 2.16 bits per heavy atom. The fourth-order valence-corrected chi connectivity index (χ4v) is 1.66. The lowest BCUT2D eigenvalue weighted by molar-refractivity contribution is -0.138. The highest BCUT2D eigenvalue weighted by Gasteiger charge is 2.27. The Morgan fingerprint density at radius 1 is 1.47 bits per heavy atom. The van der Waals surface area contributed by atoms with Gasteiger partial charge in [-0.15, -0.1) is 0 Å². The topological polar surface area (TPSA) is 46.1 Å². The van der Waals surface area contributed by atoms with E-state index < -0.39 is 18.6 Å². The molecule has 1 amide bonds. The number of hydrogen-bond acceptors (Lipinski definition) is 2. The summed E-state index contributed by atoms with van der Waals surface area (Å²) in [5.74, 6) is -0.657. The van der Waals surface area contributed by atoms with Gasteiger partial charge in [0.15, 0.2) is 0 Å². The number of nitrogens with zero attached hydrogens (tertiary/aromatic N) is 1. The monoisotopic (exact) mass is 277 g/mol. The number of halogens is 3. The lowest BCUT2D eigenvalue weighted by Crippen LogP contribution is -2.35. The van der Waals surface area contributed by atoms with Gasteiger partial charge in [0.1, 0.15) is 13.1 Å². The Bertz CT molecular complexity index is 415. The van der Waals surface area contributed by atoms with E-state index in [1.807, 2.05) is 25.2 Å². The minimum atomic E-state index is -4.38. The molecule has 0 saturated heterocycles. The number of carbonyl (C=O) groups excluding carboxylic acids is 1. The predicted molar refractivity (Wildman–Crippen MR) is 65.6 cm³/mol. The molecule has 1 heterocycles. The lowest BCUT2D eigenvalue weighted by Gasteiger charge is -2.10. The molecule has 19 heavy (non-hydrogen) atoms. The van der Waals surface area contributed by atoms with E-state index in [4.69, 9.17) is 0 Å². The maximum atomic E-state index is 11.9. The number of aromatic nitrogens is 1. The van der Waals surface area contributed by atoms with Crippen molar-refractivity contribution in [2.24, 2.45) is 0 Å². The van der Waals surface area contributed by atoms with Gasteiger partial charge in [0, 0.05) is 18.4 Å². The normalized spacial score (nSPS) is 13.3. The third-order valence-electron chi connectivity index (χ3n) is 2.60. The third kappa shape index (κ3) is 5.78.